The number of nitrogens with zero attached hydrogens (tertiary/aromatic N) is 1. The molecule has 4 aromatic rings. The van der Waals surface area contributed by atoms with Gasteiger partial charge in [-0.1, -0.05) is 65.7 Å². The van der Waals surface area contributed by atoms with Crippen LogP contribution in [0.25, 0.3) is 28.2 Å². The van der Waals surface area contributed by atoms with Crippen LogP contribution in [0, 0.1) is 20.8 Å². The van der Waals surface area contributed by atoms with E-state index in [1.807, 2.05) is 43.3 Å². The lowest BCUT2D eigenvalue weighted by Crippen LogP contribution is -2.15. The molecular weight excluding hydrogens is 342 g/mol. The highest BCUT2D eigenvalue weighted by Crippen LogP contribution is 2.32. The third-order valence-electron chi connectivity index (χ3n) is 5.04. The Morgan fingerprint density at radius 3 is 1.82 bits per heavy atom. The molecule has 0 amide bonds. The smallest absolute Gasteiger partial charge is 0.185 e. The second-order valence-corrected chi connectivity index (χ2v) is 7.28. The van der Waals surface area contributed by atoms with Crippen LogP contribution in [-0.2, 0) is 0 Å². The summed E-state index contributed by atoms with van der Waals surface area (Å²) in [6, 6.07) is 28.6. The van der Waals surface area contributed by atoms with Gasteiger partial charge in [-0.25, -0.2) is 0 Å². The van der Waals surface area contributed by atoms with Gasteiger partial charge in [-0.05, 0) is 56.2 Å². The maximum Gasteiger partial charge on any atom is 0.185 e. The number of rotatable bonds is 3. The number of aryl methyl sites for hydroxylation is 2. The third kappa shape index (κ3) is 3.29. The van der Waals surface area contributed by atoms with Gasteiger partial charge in [0.1, 0.15) is 0 Å². The van der Waals surface area contributed by atoms with Gasteiger partial charge in [0, 0.05) is 17.3 Å². The van der Waals surface area contributed by atoms with Crippen molar-refractivity contribution in [1.29, 1.82) is 0 Å². The summed E-state index contributed by atoms with van der Waals surface area (Å²) in [5.41, 5.74) is 8.15. The first kappa shape index (κ1) is 18.0. The molecule has 0 fully saturated rings. The predicted octanol–water partition coefficient (Wildman–Crippen LogP) is 6.10. The van der Waals surface area contributed by atoms with Crippen LogP contribution in [-0.4, -0.2) is 4.57 Å². The van der Waals surface area contributed by atoms with Crippen LogP contribution < -0.4 is 5.43 Å². The molecule has 1 aromatic heterocycles. The van der Waals surface area contributed by atoms with Gasteiger partial charge < -0.3 is 4.57 Å². The molecule has 0 saturated carbocycles. The van der Waals surface area contributed by atoms with Crippen LogP contribution in [0.3, 0.4) is 0 Å². The topological polar surface area (TPSA) is 22.0 Å². The van der Waals surface area contributed by atoms with Gasteiger partial charge in [-0.15, -0.1) is 0 Å². The first-order valence-electron chi connectivity index (χ1n) is 9.51. The van der Waals surface area contributed by atoms with Crippen molar-refractivity contribution in [3.8, 4) is 28.2 Å². The highest BCUT2D eigenvalue weighted by atomic mass is 16.1. The molecule has 1 heterocycles. The molecule has 3 aromatic carbocycles. The average Bonchev–Trinajstić information content (AvgIpc) is 2.70. The molecule has 0 atom stereocenters. The van der Waals surface area contributed by atoms with Crippen molar-refractivity contribution in [3.05, 3.63) is 112 Å². The molecule has 0 aliphatic heterocycles. The summed E-state index contributed by atoms with van der Waals surface area (Å²) in [5.74, 6) is 0. The minimum Gasteiger partial charge on any atom is -0.309 e. The molecule has 0 saturated heterocycles. The number of pyridine rings is 1. The second kappa shape index (κ2) is 7.32. The Balaban J connectivity index is 2.15. The van der Waals surface area contributed by atoms with E-state index in [1.54, 1.807) is 6.07 Å². The van der Waals surface area contributed by atoms with Crippen molar-refractivity contribution in [2.24, 2.45) is 0 Å². The average molecular weight is 365 g/mol. The van der Waals surface area contributed by atoms with Gasteiger partial charge in [0.25, 0.3) is 0 Å². The largest absolute Gasteiger partial charge is 0.309 e. The zero-order valence-corrected chi connectivity index (χ0v) is 16.4. The molecule has 0 bridgehead atoms. The normalized spacial score (nSPS) is 10.8. The van der Waals surface area contributed by atoms with Crippen molar-refractivity contribution in [2.75, 3.05) is 0 Å². The van der Waals surface area contributed by atoms with Crippen molar-refractivity contribution < 1.29 is 0 Å². The number of hydrogen-bond acceptors (Lipinski definition) is 1. The molecule has 0 radical (unpaired) electrons. The lowest BCUT2D eigenvalue weighted by Gasteiger charge is -2.22. The van der Waals surface area contributed by atoms with E-state index in [2.05, 4.69) is 60.9 Å². The highest BCUT2D eigenvalue weighted by molar-refractivity contribution is 5.74. The molecule has 4 rings (SSSR count). The van der Waals surface area contributed by atoms with Gasteiger partial charge in [0.15, 0.2) is 5.43 Å². The van der Waals surface area contributed by atoms with Gasteiger partial charge in [-0.2, -0.15) is 0 Å². The fourth-order valence-electron chi connectivity index (χ4n) is 3.82. The Morgan fingerprint density at radius 1 is 0.643 bits per heavy atom. The molecule has 0 unspecified atom stereocenters. The van der Waals surface area contributed by atoms with Gasteiger partial charge in [-0.3, -0.25) is 4.79 Å². The second-order valence-electron chi connectivity index (χ2n) is 7.28. The van der Waals surface area contributed by atoms with E-state index in [4.69, 9.17) is 0 Å². The standard InChI is InChI=1S/C26H23NO/c1-18-14-19(2)16-22(15-18)24-17-25(28)20(3)26(21-10-6-4-7-11-21)27(24)23-12-8-5-9-13-23/h4-17H,1-3H3. The molecule has 2 nitrogen and oxygen atoms in total. The Morgan fingerprint density at radius 2 is 1.21 bits per heavy atom. The Bertz CT molecular complexity index is 1170. The van der Waals surface area contributed by atoms with Crippen molar-refractivity contribution in [1.82, 2.24) is 4.57 Å². The van der Waals surface area contributed by atoms with Crippen LogP contribution >= 0.6 is 0 Å². The molecule has 0 aliphatic carbocycles. The zero-order chi connectivity index (χ0) is 19.7. The summed E-state index contributed by atoms with van der Waals surface area (Å²) in [6.07, 6.45) is 0. The number of benzene rings is 3. The highest BCUT2D eigenvalue weighted by Gasteiger charge is 2.17. The fourth-order valence-corrected chi connectivity index (χ4v) is 3.82. The molecule has 138 valence electrons. The maximum atomic E-state index is 12.9. The lowest BCUT2D eigenvalue weighted by molar-refractivity contribution is 1.04. The van der Waals surface area contributed by atoms with Crippen LogP contribution in [0.4, 0.5) is 0 Å². The van der Waals surface area contributed by atoms with Crippen LogP contribution in [0.2, 0.25) is 0 Å². The monoisotopic (exact) mass is 365 g/mol. The van der Waals surface area contributed by atoms with Crippen LogP contribution in [0.5, 0.6) is 0 Å². The molecular formula is C26H23NO. The SMILES string of the molecule is Cc1cc(C)cc(-c2cc(=O)c(C)c(-c3ccccc3)n2-c2ccccc2)c1. The first-order valence-corrected chi connectivity index (χ1v) is 9.51. The Labute approximate surface area is 165 Å². The molecule has 0 aliphatic rings. The van der Waals surface area contributed by atoms with Crippen molar-refractivity contribution >= 4 is 0 Å². The van der Waals surface area contributed by atoms with E-state index in [0.29, 0.717) is 0 Å². The van der Waals surface area contributed by atoms with Gasteiger partial charge >= 0.3 is 0 Å². The number of hydrogen-bond donors (Lipinski definition) is 0. The minimum atomic E-state index is 0.0557. The maximum absolute atomic E-state index is 12.9. The molecule has 0 N–H and O–H groups in total. The van der Waals surface area contributed by atoms with E-state index in [9.17, 15) is 4.79 Å². The Kier molecular flexibility index (Phi) is 4.70. The number of para-hydroxylation sites is 1. The first-order chi connectivity index (χ1) is 13.5. The van der Waals surface area contributed by atoms with E-state index in [-0.39, 0.29) is 5.43 Å². The van der Waals surface area contributed by atoms with E-state index in [0.717, 1.165) is 33.8 Å². The van der Waals surface area contributed by atoms with Crippen molar-refractivity contribution in [3.63, 3.8) is 0 Å². The lowest BCUT2D eigenvalue weighted by atomic mass is 9.99. The van der Waals surface area contributed by atoms with E-state index >= 15 is 0 Å². The fraction of sp³-hybridized carbons (Fsp3) is 0.115. The molecule has 2 heteroatoms. The third-order valence-corrected chi connectivity index (χ3v) is 5.04. The minimum absolute atomic E-state index is 0.0557. The number of aromatic nitrogens is 1. The summed E-state index contributed by atoms with van der Waals surface area (Å²) in [5, 5.41) is 0. The molecule has 28 heavy (non-hydrogen) atoms. The summed E-state index contributed by atoms with van der Waals surface area (Å²) < 4.78 is 2.21. The van der Waals surface area contributed by atoms with Gasteiger partial charge in [0.2, 0.25) is 0 Å². The summed E-state index contributed by atoms with van der Waals surface area (Å²) in [4.78, 5) is 12.9. The Hall–Kier alpha value is -3.39. The summed E-state index contributed by atoms with van der Waals surface area (Å²) >= 11 is 0. The van der Waals surface area contributed by atoms with Crippen LogP contribution in [0.15, 0.2) is 89.7 Å². The predicted molar refractivity (Wildman–Crippen MR) is 117 cm³/mol. The molecule has 0 spiro atoms. The van der Waals surface area contributed by atoms with E-state index < -0.39 is 0 Å². The van der Waals surface area contributed by atoms with Gasteiger partial charge in [0.05, 0.1) is 11.4 Å². The van der Waals surface area contributed by atoms with E-state index in [1.165, 1.54) is 11.1 Å². The van der Waals surface area contributed by atoms with Crippen LogP contribution in [0.1, 0.15) is 16.7 Å². The summed E-state index contributed by atoms with van der Waals surface area (Å²) in [7, 11) is 0. The quantitative estimate of drug-likeness (QED) is 0.430. The zero-order valence-electron chi connectivity index (χ0n) is 16.4. The van der Waals surface area contributed by atoms with Crippen molar-refractivity contribution in [2.45, 2.75) is 20.8 Å². The summed E-state index contributed by atoms with van der Waals surface area (Å²) in [6.45, 7) is 6.09.